The zero-order valence-corrected chi connectivity index (χ0v) is 10.1. The van der Waals surface area contributed by atoms with Crippen molar-refractivity contribution in [1.82, 2.24) is 0 Å². The van der Waals surface area contributed by atoms with Gasteiger partial charge in [-0.3, -0.25) is 0 Å². The van der Waals surface area contributed by atoms with Crippen molar-refractivity contribution in [3.8, 4) is 0 Å². The van der Waals surface area contributed by atoms with Crippen LogP contribution in [0.15, 0.2) is 24.3 Å². The zero-order valence-electron chi connectivity index (χ0n) is 10.1. The van der Waals surface area contributed by atoms with E-state index in [0.717, 1.165) is 17.2 Å². The minimum absolute atomic E-state index is 0.542. The third kappa shape index (κ3) is 3.79. The fraction of sp³-hybridized carbons (Fsp3) is 0.333. The van der Waals surface area contributed by atoms with E-state index in [2.05, 4.69) is 0 Å². The van der Waals surface area contributed by atoms with Crippen molar-refractivity contribution in [2.24, 2.45) is 0 Å². The number of para-hydroxylation sites is 1. The lowest BCUT2D eigenvalue weighted by atomic mass is 10.1. The molecular formula is C12H15NO4. The van der Waals surface area contributed by atoms with E-state index in [1.165, 1.54) is 13.8 Å². The highest BCUT2D eigenvalue weighted by Crippen LogP contribution is 2.21. The summed E-state index contributed by atoms with van der Waals surface area (Å²) in [4.78, 5) is 31.6. The topological polar surface area (TPSA) is 55.8 Å². The van der Waals surface area contributed by atoms with Crippen LogP contribution in [0.5, 0.6) is 0 Å². The Morgan fingerprint density at radius 1 is 1.12 bits per heavy atom. The molecule has 0 unspecified atom stereocenters. The summed E-state index contributed by atoms with van der Waals surface area (Å²) >= 11 is 0. The van der Waals surface area contributed by atoms with Gasteiger partial charge in [0.05, 0.1) is 0 Å². The number of rotatable bonds is 4. The SMILES string of the molecule is CCc1ccccc1N(OC(C)=O)OC(C)=O. The second kappa shape index (κ2) is 5.89. The van der Waals surface area contributed by atoms with Gasteiger partial charge in [-0.1, -0.05) is 25.1 Å². The lowest BCUT2D eigenvalue weighted by molar-refractivity contribution is -0.171. The van der Waals surface area contributed by atoms with Gasteiger partial charge in [-0.2, -0.15) is 0 Å². The normalized spacial score (nSPS) is 9.59. The first-order valence-corrected chi connectivity index (χ1v) is 5.29. The van der Waals surface area contributed by atoms with E-state index in [4.69, 9.17) is 9.68 Å². The molecule has 1 aromatic rings. The Kier molecular flexibility index (Phi) is 4.51. The van der Waals surface area contributed by atoms with Gasteiger partial charge in [-0.25, -0.2) is 9.59 Å². The number of carbonyl (C=O) groups excluding carboxylic acids is 2. The summed E-state index contributed by atoms with van der Waals surface area (Å²) in [6.45, 7) is 4.44. The smallest absolute Gasteiger partial charge is 0.306 e. The van der Waals surface area contributed by atoms with Crippen LogP contribution in [0.25, 0.3) is 0 Å². The molecule has 1 aromatic carbocycles. The first-order chi connectivity index (χ1) is 8.04. The number of carbonyl (C=O) groups is 2. The highest BCUT2D eigenvalue weighted by molar-refractivity contribution is 5.71. The first kappa shape index (κ1) is 13.0. The van der Waals surface area contributed by atoms with Gasteiger partial charge in [-0.15, -0.1) is 0 Å². The van der Waals surface area contributed by atoms with E-state index in [1.54, 1.807) is 12.1 Å². The van der Waals surface area contributed by atoms with Crippen LogP contribution in [0.3, 0.4) is 0 Å². The molecular weight excluding hydrogens is 222 g/mol. The molecule has 0 fully saturated rings. The molecule has 0 aliphatic carbocycles. The molecule has 17 heavy (non-hydrogen) atoms. The van der Waals surface area contributed by atoms with Crippen LogP contribution in [-0.2, 0) is 25.7 Å². The summed E-state index contributed by atoms with van der Waals surface area (Å²) in [7, 11) is 0. The van der Waals surface area contributed by atoms with Crippen molar-refractivity contribution in [2.45, 2.75) is 27.2 Å². The second-order valence-electron chi connectivity index (χ2n) is 3.41. The van der Waals surface area contributed by atoms with E-state index in [-0.39, 0.29) is 0 Å². The fourth-order valence-corrected chi connectivity index (χ4v) is 1.34. The van der Waals surface area contributed by atoms with E-state index in [0.29, 0.717) is 5.69 Å². The van der Waals surface area contributed by atoms with Gasteiger partial charge < -0.3 is 9.68 Å². The van der Waals surface area contributed by atoms with Gasteiger partial charge in [0.15, 0.2) is 0 Å². The Hall–Kier alpha value is -2.04. The maximum atomic E-state index is 11.0. The van der Waals surface area contributed by atoms with E-state index in [9.17, 15) is 9.59 Å². The minimum atomic E-state index is -0.558. The number of hydrogen-bond donors (Lipinski definition) is 0. The van der Waals surface area contributed by atoms with Crippen molar-refractivity contribution in [2.75, 3.05) is 5.23 Å². The van der Waals surface area contributed by atoms with Crippen LogP contribution < -0.4 is 5.23 Å². The molecule has 0 amide bonds. The van der Waals surface area contributed by atoms with Crippen LogP contribution in [0, 0.1) is 0 Å². The summed E-state index contributed by atoms with van der Waals surface area (Å²) < 4.78 is 0. The summed E-state index contributed by atoms with van der Waals surface area (Å²) in [5.41, 5.74) is 1.45. The predicted octanol–water partition coefficient (Wildman–Crippen LogP) is 2.01. The summed E-state index contributed by atoms with van der Waals surface area (Å²) in [5.74, 6) is -1.12. The molecule has 0 radical (unpaired) electrons. The average Bonchev–Trinajstić information content (AvgIpc) is 2.27. The predicted molar refractivity (Wildman–Crippen MR) is 61.8 cm³/mol. The minimum Gasteiger partial charge on any atom is -0.306 e. The van der Waals surface area contributed by atoms with Crippen molar-refractivity contribution in [3.63, 3.8) is 0 Å². The van der Waals surface area contributed by atoms with Crippen molar-refractivity contribution in [1.29, 1.82) is 0 Å². The third-order valence-electron chi connectivity index (χ3n) is 1.99. The molecule has 0 heterocycles. The van der Waals surface area contributed by atoms with Gasteiger partial charge >= 0.3 is 11.9 Å². The van der Waals surface area contributed by atoms with Crippen molar-refractivity contribution >= 4 is 17.6 Å². The number of hydrogen-bond acceptors (Lipinski definition) is 5. The maximum Gasteiger partial charge on any atom is 0.333 e. The molecule has 0 N–H and O–H groups in total. The average molecular weight is 237 g/mol. The number of anilines is 1. The Morgan fingerprint density at radius 2 is 1.65 bits per heavy atom. The van der Waals surface area contributed by atoms with Crippen LogP contribution in [0.2, 0.25) is 0 Å². The Balaban J connectivity index is 3.02. The third-order valence-corrected chi connectivity index (χ3v) is 1.99. The van der Waals surface area contributed by atoms with Crippen molar-refractivity contribution < 1.29 is 19.3 Å². The molecule has 0 aliphatic rings. The highest BCUT2D eigenvalue weighted by Gasteiger charge is 2.16. The molecule has 0 bridgehead atoms. The summed E-state index contributed by atoms with van der Waals surface area (Å²) in [6.07, 6.45) is 0.731. The Morgan fingerprint density at radius 3 is 2.12 bits per heavy atom. The molecule has 0 saturated carbocycles. The van der Waals surface area contributed by atoms with Gasteiger partial charge in [0, 0.05) is 13.8 Å². The Labute approximate surface area is 99.8 Å². The molecule has 5 heteroatoms. The maximum absolute atomic E-state index is 11.0. The molecule has 1 rings (SSSR count). The Bertz CT molecular complexity index is 401. The van der Waals surface area contributed by atoms with Crippen molar-refractivity contribution in [3.05, 3.63) is 29.8 Å². The lowest BCUT2D eigenvalue weighted by Crippen LogP contribution is -2.29. The molecule has 5 nitrogen and oxygen atoms in total. The second-order valence-corrected chi connectivity index (χ2v) is 3.41. The van der Waals surface area contributed by atoms with E-state index < -0.39 is 11.9 Å². The van der Waals surface area contributed by atoms with E-state index >= 15 is 0 Å². The van der Waals surface area contributed by atoms with Gasteiger partial charge in [0.25, 0.3) is 0 Å². The van der Waals surface area contributed by atoms with Crippen LogP contribution in [0.1, 0.15) is 26.3 Å². The molecule has 0 spiro atoms. The first-order valence-electron chi connectivity index (χ1n) is 5.29. The van der Waals surface area contributed by atoms with Gasteiger partial charge in [-0.05, 0) is 23.3 Å². The van der Waals surface area contributed by atoms with Gasteiger partial charge in [0.2, 0.25) is 0 Å². The quantitative estimate of drug-likeness (QED) is 0.750. The van der Waals surface area contributed by atoms with Crippen LogP contribution >= 0.6 is 0 Å². The summed E-state index contributed by atoms with van der Waals surface area (Å²) in [5, 5.41) is 0.851. The lowest BCUT2D eigenvalue weighted by Gasteiger charge is -2.21. The standard InChI is InChI=1S/C12H15NO4/c1-4-11-7-5-6-8-12(11)13(16-9(2)14)17-10(3)15/h5-8H,4H2,1-3H3. The molecule has 0 atom stereocenters. The van der Waals surface area contributed by atoms with Gasteiger partial charge in [0.1, 0.15) is 5.69 Å². The molecule has 92 valence electrons. The van der Waals surface area contributed by atoms with Crippen LogP contribution in [-0.4, -0.2) is 11.9 Å². The fourth-order valence-electron chi connectivity index (χ4n) is 1.34. The highest BCUT2D eigenvalue weighted by atomic mass is 17.0. The number of nitrogens with zero attached hydrogens (tertiary/aromatic N) is 1. The number of aryl methyl sites for hydroxylation is 1. The molecule has 0 aromatic heterocycles. The number of benzene rings is 1. The monoisotopic (exact) mass is 237 g/mol. The zero-order chi connectivity index (χ0) is 12.8. The molecule has 0 aliphatic heterocycles. The molecule has 0 saturated heterocycles. The summed E-state index contributed by atoms with van der Waals surface area (Å²) in [6, 6.07) is 7.22. The van der Waals surface area contributed by atoms with Crippen LogP contribution in [0.4, 0.5) is 5.69 Å². The largest absolute Gasteiger partial charge is 0.333 e. The van der Waals surface area contributed by atoms with E-state index in [1.807, 2.05) is 19.1 Å².